The average molecular weight is 390 g/mol. The van der Waals surface area contributed by atoms with E-state index in [1.807, 2.05) is 6.92 Å². The van der Waals surface area contributed by atoms with E-state index in [4.69, 9.17) is 9.47 Å². The molecule has 1 atom stereocenters. The van der Waals surface area contributed by atoms with Gasteiger partial charge in [-0.25, -0.2) is 4.79 Å². The first-order chi connectivity index (χ1) is 13.3. The highest BCUT2D eigenvalue weighted by atomic mass is 16.5. The molecule has 0 spiro atoms. The van der Waals surface area contributed by atoms with E-state index in [0.717, 1.165) is 0 Å². The number of ether oxygens (including phenoxy) is 3. The zero-order valence-electron chi connectivity index (χ0n) is 15.9. The van der Waals surface area contributed by atoms with E-state index < -0.39 is 36.3 Å². The van der Waals surface area contributed by atoms with Crippen LogP contribution in [-0.4, -0.2) is 44.1 Å². The molecule has 0 aliphatic carbocycles. The molecule has 1 heterocycles. The van der Waals surface area contributed by atoms with E-state index in [1.165, 1.54) is 7.11 Å². The highest BCUT2D eigenvalue weighted by molar-refractivity contribution is 6.03. The second-order valence-electron chi connectivity index (χ2n) is 5.94. The molecule has 0 radical (unpaired) electrons. The van der Waals surface area contributed by atoms with Gasteiger partial charge in [0, 0.05) is 11.4 Å². The zero-order valence-corrected chi connectivity index (χ0v) is 15.9. The molecule has 2 amide bonds. The van der Waals surface area contributed by atoms with E-state index >= 15 is 0 Å². The number of methoxy groups -OCH3 is 1. The van der Waals surface area contributed by atoms with Crippen LogP contribution in [0.4, 0.5) is 5.69 Å². The fraction of sp³-hybridized carbons (Fsp3) is 0.368. The van der Waals surface area contributed by atoms with Crippen molar-refractivity contribution in [2.24, 2.45) is 5.92 Å². The van der Waals surface area contributed by atoms with Gasteiger partial charge in [-0.1, -0.05) is 0 Å². The molecule has 2 rings (SSSR count). The Bertz CT molecular complexity index is 799. The van der Waals surface area contributed by atoms with Gasteiger partial charge in [0.05, 0.1) is 31.6 Å². The largest absolute Gasteiger partial charge is 0.494 e. The van der Waals surface area contributed by atoms with Gasteiger partial charge in [-0.3, -0.25) is 14.4 Å². The van der Waals surface area contributed by atoms with Crippen molar-refractivity contribution in [3.8, 4) is 5.75 Å². The molecule has 0 unspecified atom stereocenters. The molecule has 0 bridgehead atoms. The number of anilines is 1. The fourth-order valence-electron chi connectivity index (χ4n) is 2.70. The Balaban J connectivity index is 1.85. The summed E-state index contributed by atoms with van der Waals surface area (Å²) in [6.07, 6.45) is -0.371. The van der Waals surface area contributed by atoms with Crippen LogP contribution in [0.15, 0.2) is 35.5 Å². The molecule has 1 aliphatic rings. The highest BCUT2D eigenvalue weighted by Crippen LogP contribution is 2.26. The lowest BCUT2D eigenvalue weighted by Gasteiger charge is -2.11. The number of nitrogens with one attached hydrogen (secondary N) is 2. The zero-order chi connectivity index (χ0) is 20.7. The van der Waals surface area contributed by atoms with Crippen molar-refractivity contribution in [2.45, 2.75) is 20.3 Å². The molecule has 2 N–H and O–H groups in total. The predicted octanol–water partition coefficient (Wildman–Crippen LogP) is 1.15. The molecule has 0 fully saturated rings. The summed E-state index contributed by atoms with van der Waals surface area (Å²) in [4.78, 5) is 47.7. The van der Waals surface area contributed by atoms with Gasteiger partial charge in [0.1, 0.15) is 5.75 Å². The van der Waals surface area contributed by atoms with Crippen LogP contribution in [0.3, 0.4) is 0 Å². The molecule has 28 heavy (non-hydrogen) atoms. The van der Waals surface area contributed by atoms with Crippen LogP contribution in [-0.2, 0) is 28.7 Å². The number of hydrogen-bond donors (Lipinski definition) is 2. The molecule has 1 aliphatic heterocycles. The Kier molecular flexibility index (Phi) is 7.14. The van der Waals surface area contributed by atoms with Crippen LogP contribution < -0.4 is 15.4 Å². The minimum atomic E-state index is -1.01. The average Bonchev–Trinajstić information content (AvgIpc) is 2.94. The van der Waals surface area contributed by atoms with Gasteiger partial charge in [-0.15, -0.1) is 0 Å². The smallest absolute Gasteiger partial charge is 0.336 e. The van der Waals surface area contributed by atoms with Crippen molar-refractivity contribution < 1.29 is 33.4 Å². The number of allylic oxidation sites excluding steroid dienone is 1. The number of hydrogen-bond acceptors (Lipinski definition) is 7. The summed E-state index contributed by atoms with van der Waals surface area (Å²) in [7, 11) is 1.19. The third-order valence-corrected chi connectivity index (χ3v) is 3.97. The van der Waals surface area contributed by atoms with Crippen molar-refractivity contribution in [3.63, 3.8) is 0 Å². The normalized spacial score (nSPS) is 15.7. The third-order valence-electron chi connectivity index (χ3n) is 3.97. The maximum atomic E-state index is 12.0. The Morgan fingerprint density at radius 1 is 1.18 bits per heavy atom. The molecule has 0 saturated heterocycles. The molecule has 1 aromatic carbocycles. The first-order valence-electron chi connectivity index (χ1n) is 8.64. The third kappa shape index (κ3) is 5.32. The molecule has 0 saturated carbocycles. The van der Waals surface area contributed by atoms with Crippen LogP contribution >= 0.6 is 0 Å². The lowest BCUT2D eigenvalue weighted by molar-refractivity contribution is -0.149. The van der Waals surface area contributed by atoms with E-state index in [0.29, 0.717) is 23.7 Å². The minimum absolute atomic E-state index is 0.0864. The van der Waals surface area contributed by atoms with Crippen LogP contribution in [0, 0.1) is 5.92 Å². The SMILES string of the molecule is CCOc1ccc(NC(=O)COC(=O)C[C@@H]2C(=O)NC(C)=C2C(=O)OC)cc1. The number of rotatable bonds is 8. The highest BCUT2D eigenvalue weighted by Gasteiger charge is 2.38. The quantitative estimate of drug-likeness (QED) is 0.639. The van der Waals surface area contributed by atoms with Crippen molar-refractivity contribution in [2.75, 3.05) is 25.6 Å². The number of amides is 2. The number of benzene rings is 1. The fourth-order valence-corrected chi connectivity index (χ4v) is 2.70. The molecule has 150 valence electrons. The number of carbonyl (C=O) groups excluding carboxylic acids is 4. The Labute approximate surface area is 162 Å². The maximum Gasteiger partial charge on any atom is 0.336 e. The first kappa shape index (κ1) is 20.9. The van der Waals surface area contributed by atoms with Crippen LogP contribution in [0.25, 0.3) is 0 Å². The van der Waals surface area contributed by atoms with Gasteiger partial charge >= 0.3 is 11.9 Å². The van der Waals surface area contributed by atoms with Crippen LogP contribution in [0.2, 0.25) is 0 Å². The van der Waals surface area contributed by atoms with Crippen LogP contribution in [0.5, 0.6) is 5.75 Å². The Morgan fingerprint density at radius 3 is 2.46 bits per heavy atom. The van der Waals surface area contributed by atoms with Crippen molar-refractivity contribution >= 4 is 29.4 Å². The maximum absolute atomic E-state index is 12.0. The Morgan fingerprint density at radius 2 is 1.86 bits per heavy atom. The number of esters is 2. The summed E-state index contributed by atoms with van der Waals surface area (Å²) in [5.41, 5.74) is 0.942. The first-order valence-corrected chi connectivity index (χ1v) is 8.64. The van der Waals surface area contributed by atoms with E-state index in [-0.39, 0.29) is 12.0 Å². The Hall–Kier alpha value is -3.36. The lowest BCUT2D eigenvalue weighted by atomic mass is 9.97. The van der Waals surface area contributed by atoms with Gasteiger partial charge in [0.15, 0.2) is 6.61 Å². The molecule has 0 aromatic heterocycles. The molecule has 9 heteroatoms. The molecular weight excluding hydrogens is 368 g/mol. The van der Waals surface area contributed by atoms with Gasteiger partial charge in [0.2, 0.25) is 5.91 Å². The molecule has 1 aromatic rings. The second kappa shape index (κ2) is 9.54. The molecule has 9 nitrogen and oxygen atoms in total. The number of carbonyl (C=O) groups is 4. The summed E-state index contributed by atoms with van der Waals surface area (Å²) in [6, 6.07) is 6.72. The molecular formula is C19H22N2O7. The van der Waals surface area contributed by atoms with Gasteiger partial charge in [-0.05, 0) is 38.1 Å². The summed E-state index contributed by atoms with van der Waals surface area (Å²) in [5, 5.41) is 5.07. The topological polar surface area (TPSA) is 120 Å². The summed E-state index contributed by atoms with van der Waals surface area (Å²) < 4.78 is 14.9. The van der Waals surface area contributed by atoms with Crippen molar-refractivity contribution in [3.05, 3.63) is 35.5 Å². The predicted molar refractivity (Wildman–Crippen MR) is 98.2 cm³/mol. The summed E-state index contributed by atoms with van der Waals surface area (Å²) in [5.74, 6) is -2.83. The van der Waals surface area contributed by atoms with Crippen molar-refractivity contribution in [1.82, 2.24) is 5.32 Å². The summed E-state index contributed by atoms with van der Waals surface area (Å²) >= 11 is 0. The second-order valence-corrected chi connectivity index (χ2v) is 5.94. The van der Waals surface area contributed by atoms with E-state index in [1.54, 1.807) is 31.2 Å². The van der Waals surface area contributed by atoms with E-state index in [2.05, 4.69) is 15.4 Å². The standard InChI is InChI=1S/C19H22N2O7/c1-4-27-13-7-5-12(6-8-13)21-15(22)10-28-16(23)9-14-17(19(25)26-3)11(2)20-18(14)24/h5-8,14H,4,9-10H2,1-3H3,(H,20,24)(H,21,22)/t14-/m0/s1. The monoisotopic (exact) mass is 390 g/mol. The van der Waals surface area contributed by atoms with Gasteiger partial charge in [0.25, 0.3) is 5.91 Å². The van der Waals surface area contributed by atoms with Gasteiger partial charge in [-0.2, -0.15) is 0 Å². The van der Waals surface area contributed by atoms with Gasteiger partial charge < -0.3 is 24.8 Å². The summed E-state index contributed by atoms with van der Waals surface area (Å²) in [6.45, 7) is 3.42. The van der Waals surface area contributed by atoms with Crippen molar-refractivity contribution in [1.29, 1.82) is 0 Å². The lowest BCUT2D eigenvalue weighted by Crippen LogP contribution is -2.27. The van der Waals surface area contributed by atoms with E-state index in [9.17, 15) is 19.2 Å². The van der Waals surface area contributed by atoms with Crippen LogP contribution in [0.1, 0.15) is 20.3 Å². The minimum Gasteiger partial charge on any atom is -0.494 e.